The molecule has 0 saturated carbocycles. The Morgan fingerprint density at radius 1 is 1.42 bits per heavy atom. The van der Waals surface area contributed by atoms with Gasteiger partial charge in [-0.1, -0.05) is 0 Å². The fourth-order valence-electron chi connectivity index (χ4n) is 2.97. The molecule has 8 heteroatoms. The molecule has 3 rings (SSSR count). The van der Waals surface area contributed by atoms with Gasteiger partial charge in [-0.05, 0) is 38.4 Å². The first-order valence-electron chi connectivity index (χ1n) is 7.56. The Morgan fingerprint density at radius 2 is 2.21 bits per heavy atom. The van der Waals surface area contributed by atoms with Crippen LogP contribution in [0, 0.1) is 11.6 Å². The van der Waals surface area contributed by atoms with Gasteiger partial charge in [-0.2, -0.15) is 5.10 Å². The normalized spacial score (nSPS) is 16.2. The van der Waals surface area contributed by atoms with Crippen LogP contribution in [-0.2, 0) is 11.2 Å². The van der Waals surface area contributed by atoms with Crippen LogP contribution < -0.4 is 10.6 Å². The molecular formula is C16H19ClF2N4O. The predicted molar refractivity (Wildman–Crippen MR) is 88.5 cm³/mol. The van der Waals surface area contributed by atoms with Crippen LogP contribution in [0.4, 0.5) is 8.78 Å². The first-order chi connectivity index (χ1) is 11.1. The van der Waals surface area contributed by atoms with Gasteiger partial charge in [-0.15, -0.1) is 12.4 Å². The molecule has 130 valence electrons. The Hall–Kier alpha value is -1.99. The lowest BCUT2D eigenvalue weighted by atomic mass is 9.93. The summed E-state index contributed by atoms with van der Waals surface area (Å²) < 4.78 is 28.6. The van der Waals surface area contributed by atoms with E-state index in [4.69, 9.17) is 0 Å². The molecule has 0 radical (unpaired) electrons. The van der Waals surface area contributed by atoms with Gasteiger partial charge in [0, 0.05) is 17.3 Å². The number of carbonyl (C=O) groups is 1. The molecule has 1 aromatic heterocycles. The van der Waals surface area contributed by atoms with E-state index in [9.17, 15) is 13.6 Å². The maximum absolute atomic E-state index is 14.0. The number of amides is 1. The Morgan fingerprint density at radius 3 is 2.92 bits per heavy atom. The smallest absolute Gasteiger partial charge is 0.234 e. The third-order valence-corrected chi connectivity index (χ3v) is 3.99. The van der Waals surface area contributed by atoms with Crippen LogP contribution >= 0.6 is 12.4 Å². The molecule has 1 heterocycles. The van der Waals surface area contributed by atoms with Crippen LogP contribution in [0.1, 0.15) is 30.1 Å². The number of likely N-dealkylation sites (N-methyl/N-ethyl adjacent to an activating group) is 1. The summed E-state index contributed by atoms with van der Waals surface area (Å²) in [6.07, 6.45) is 4.08. The first-order valence-corrected chi connectivity index (χ1v) is 7.56. The molecule has 1 aromatic carbocycles. The van der Waals surface area contributed by atoms with E-state index in [1.165, 1.54) is 16.8 Å². The average Bonchev–Trinajstić information content (AvgIpc) is 2.92. The number of nitrogens with zero attached hydrogens (tertiary/aromatic N) is 2. The van der Waals surface area contributed by atoms with Crippen molar-refractivity contribution in [2.75, 3.05) is 13.6 Å². The molecule has 1 unspecified atom stereocenters. The van der Waals surface area contributed by atoms with E-state index >= 15 is 0 Å². The molecule has 0 fully saturated rings. The van der Waals surface area contributed by atoms with Crippen molar-refractivity contribution in [1.29, 1.82) is 0 Å². The molecule has 24 heavy (non-hydrogen) atoms. The largest absolute Gasteiger partial charge is 0.348 e. The summed E-state index contributed by atoms with van der Waals surface area (Å²) in [4.78, 5) is 11.8. The zero-order valence-electron chi connectivity index (χ0n) is 13.2. The van der Waals surface area contributed by atoms with Gasteiger partial charge < -0.3 is 10.6 Å². The lowest BCUT2D eigenvalue weighted by Crippen LogP contribution is -2.36. The molecule has 2 aromatic rings. The number of hydrogen-bond donors (Lipinski definition) is 2. The summed E-state index contributed by atoms with van der Waals surface area (Å²) >= 11 is 0. The Labute approximate surface area is 144 Å². The molecule has 5 nitrogen and oxygen atoms in total. The van der Waals surface area contributed by atoms with Crippen LogP contribution in [0.5, 0.6) is 0 Å². The third kappa shape index (κ3) is 3.57. The second kappa shape index (κ2) is 7.72. The monoisotopic (exact) mass is 356 g/mol. The Kier molecular flexibility index (Phi) is 5.90. The van der Waals surface area contributed by atoms with E-state index in [1.807, 2.05) is 0 Å². The molecule has 0 aliphatic heterocycles. The third-order valence-electron chi connectivity index (χ3n) is 3.99. The molecule has 1 atom stereocenters. The summed E-state index contributed by atoms with van der Waals surface area (Å²) in [5.41, 5.74) is 1.97. The number of fused-ring (bicyclic) bond motifs is 1. The molecule has 2 N–H and O–H groups in total. The Bertz CT molecular complexity index is 735. The zero-order valence-corrected chi connectivity index (χ0v) is 14.0. The highest BCUT2D eigenvalue weighted by Crippen LogP contribution is 2.31. The zero-order chi connectivity index (χ0) is 16.4. The molecule has 0 saturated heterocycles. The quantitative estimate of drug-likeness (QED) is 0.883. The van der Waals surface area contributed by atoms with E-state index < -0.39 is 11.6 Å². The van der Waals surface area contributed by atoms with Crippen LogP contribution in [0.3, 0.4) is 0 Å². The van der Waals surface area contributed by atoms with Crippen molar-refractivity contribution in [2.45, 2.75) is 25.3 Å². The number of carbonyl (C=O) groups excluding carboxylic acids is 1. The number of halogens is 3. The van der Waals surface area contributed by atoms with Crippen molar-refractivity contribution in [3.8, 4) is 5.69 Å². The molecule has 0 bridgehead atoms. The summed E-state index contributed by atoms with van der Waals surface area (Å²) in [5.74, 6) is -1.37. The van der Waals surface area contributed by atoms with Crippen molar-refractivity contribution in [3.63, 3.8) is 0 Å². The lowest BCUT2D eigenvalue weighted by molar-refractivity contribution is -0.121. The fourth-order valence-corrected chi connectivity index (χ4v) is 2.97. The van der Waals surface area contributed by atoms with E-state index in [2.05, 4.69) is 15.7 Å². The number of benzene rings is 1. The number of aromatic nitrogens is 2. The average molecular weight is 357 g/mol. The van der Waals surface area contributed by atoms with E-state index in [0.717, 1.165) is 36.6 Å². The number of rotatable bonds is 4. The van der Waals surface area contributed by atoms with Crippen molar-refractivity contribution in [2.24, 2.45) is 0 Å². The highest BCUT2D eigenvalue weighted by atomic mass is 35.5. The Balaban J connectivity index is 0.00000208. The van der Waals surface area contributed by atoms with Gasteiger partial charge in [0.25, 0.3) is 0 Å². The van der Waals surface area contributed by atoms with E-state index in [-0.39, 0.29) is 36.6 Å². The van der Waals surface area contributed by atoms with Crippen molar-refractivity contribution in [3.05, 3.63) is 47.3 Å². The maximum Gasteiger partial charge on any atom is 0.234 e. The fraction of sp³-hybridized carbons (Fsp3) is 0.375. The highest BCUT2D eigenvalue weighted by molar-refractivity contribution is 5.85. The molecule has 1 aliphatic carbocycles. The van der Waals surface area contributed by atoms with E-state index in [0.29, 0.717) is 0 Å². The van der Waals surface area contributed by atoms with Gasteiger partial charge in [-0.25, -0.2) is 13.5 Å². The van der Waals surface area contributed by atoms with E-state index in [1.54, 1.807) is 13.2 Å². The van der Waals surface area contributed by atoms with Gasteiger partial charge in [0.2, 0.25) is 5.91 Å². The van der Waals surface area contributed by atoms with Crippen molar-refractivity contribution in [1.82, 2.24) is 20.4 Å². The number of nitrogens with one attached hydrogen (secondary N) is 2. The van der Waals surface area contributed by atoms with Crippen LogP contribution in [0.15, 0.2) is 24.4 Å². The summed E-state index contributed by atoms with van der Waals surface area (Å²) in [5, 5.41) is 10.0. The van der Waals surface area contributed by atoms with Crippen LogP contribution in [0.25, 0.3) is 5.69 Å². The molecule has 1 aliphatic rings. The molecule has 0 spiro atoms. The topological polar surface area (TPSA) is 59.0 Å². The van der Waals surface area contributed by atoms with Crippen molar-refractivity contribution < 1.29 is 13.6 Å². The molecule has 1 amide bonds. The van der Waals surface area contributed by atoms with Gasteiger partial charge >= 0.3 is 0 Å². The van der Waals surface area contributed by atoms with Gasteiger partial charge in [-0.3, -0.25) is 4.79 Å². The SMILES string of the molecule is CNCC(=O)NC1CCCc2c1cnn2-c1ccc(F)cc1F.Cl. The summed E-state index contributed by atoms with van der Waals surface area (Å²) in [6.45, 7) is 0.243. The minimum Gasteiger partial charge on any atom is -0.348 e. The molecular weight excluding hydrogens is 338 g/mol. The predicted octanol–water partition coefficient (Wildman–Crippen LogP) is 2.29. The highest BCUT2D eigenvalue weighted by Gasteiger charge is 2.26. The second-order valence-corrected chi connectivity index (χ2v) is 5.60. The van der Waals surface area contributed by atoms with Gasteiger partial charge in [0.1, 0.15) is 11.5 Å². The first kappa shape index (κ1) is 18.4. The number of hydrogen-bond acceptors (Lipinski definition) is 3. The maximum atomic E-state index is 14.0. The van der Waals surface area contributed by atoms with Gasteiger partial charge in [0.05, 0.1) is 18.8 Å². The summed E-state index contributed by atoms with van der Waals surface area (Å²) in [7, 11) is 1.71. The lowest BCUT2D eigenvalue weighted by Gasteiger charge is -2.24. The minimum absolute atomic E-state index is 0. The van der Waals surface area contributed by atoms with Crippen LogP contribution in [-0.4, -0.2) is 29.3 Å². The summed E-state index contributed by atoms with van der Waals surface area (Å²) in [6, 6.07) is 3.30. The minimum atomic E-state index is -0.655. The van der Waals surface area contributed by atoms with Crippen molar-refractivity contribution >= 4 is 18.3 Å². The van der Waals surface area contributed by atoms with Gasteiger partial charge in [0.15, 0.2) is 5.82 Å². The standard InChI is InChI=1S/C16H18F2N4O.ClH/c1-19-9-16(23)21-13-3-2-4-14-11(13)8-20-22(14)15-6-5-10(17)7-12(15)18;/h5-8,13,19H,2-4,9H2,1H3,(H,21,23);1H. The van der Waals surface area contributed by atoms with Crippen LogP contribution in [0.2, 0.25) is 0 Å². The second-order valence-electron chi connectivity index (χ2n) is 5.60.